The minimum atomic E-state index is 0.913. The SMILES string of the molecule is c1ccc(NCCCCNc2cc(N3CCSCC3)ncn2)nc1. The summed E-state index contributed by atoms with van der Waals surface area (Å²) in [5.41, 5.74) is 0. The van der Waals surface area contributed by atoms with Crippen molar-refractivity contribution in [3.63, 3.8) is 0 Å². The predicted molar refractivity (Wildman–Crippen MR) is 102 cm³/mol. The zero-order valence-corrected chi connectivity index (χ0v) is 14.6. The zero-order chi connectivity index (χ0) is 16.5. The first-order valence-electron chi connectivity index (χ1n) is 8.45. The van der Waals surface area contributed by atoms with Crippen molar-refractivity contribution in [1.82, 2.24) is 15.0 Å². The topological polar surface area (TPSA) is 66.0 Å². The predicted octanol–water partition coefficient (Wildman–Crippen LogP) is 2.73. The van der Waals surface area contributed by atoms with Gasteiger partial charge in [-0.05, 0) is 25.0 Å². The summed E-state index contributed by atoms with van der Waals surface area (Å²) >= 11 is 2.01. The van der Waals surface area contributed by atoms with Gasteiger partial charge in [0.2, 0.25) is 0 Å². The summed E-state index contributed by atoms with van der Waals surface area (Å²) in [5.74, 6) is 5.23. The van der Waals surface area contributed by atoms with Crippen LogP contribution in [0.1, 0.15) is 12.8 Å². The van der Waals surface area contributed by atoms with Gasteiger partial charge in [-0.2, -0.15) is 11.8 Å². The van der Waals surface area contributed by atoms with E-state index in [2.05, 4.69) is 36.6 Å². The van der Waals surface area contributed by atoms with Crippen molar-refractivity contribution in [2.24, 2.45) is 0 Å². The molecule has 0 amide bonds. The molecule has 128 valence electrons. The highest BCUT2D eigenvalue weighted by molar-refractivity contribution is 7.99. The maximum atomic E-state index is 4.40. The van der Waals surface area contributed by atoms with Crippen LogP contribution in [0.2, 0.25) is 0 Å². The molecule has 0 aliphatic carbocycles. The molecule has 2 aromatic heterocycles. The summed E-state index contributed by atoms with van der Waals surface area (Å²) in [6.07, 6.45) is 5.63. The lowest BCUT2D eigenvalue weighted by atomic mass is 10.3. The van der Waals surface area contributed by atoms with Gasteiger partial charge in [0.25, 0.3) is 0 Å². The number of thioether (sulfide) groups is 1. The number of pyridine rings is 1. The van der Waals surface area contributed by atoms with Gasteiger partial charge < -0.3 is 15.5 Å². The normalized spacial score (nSPS) is 14.4. The molecule has 3 rings (SSSR count). The van der Waals surface area contributed by atoms with Crippen LogP contribution in [0.4, 0.5) is 17.5 Å². The van der Waals surface area contributed by atoms with E-state index in [-0.39, 0.29) is 0 Å². The molecule has 0 saturated carbocycles. The van der Waals surface area contributed by atoms with Gasteiger partial charge in [0.05, 0.1) is 0 Å². The summed E-state index contributed by atoms with van der Waals surface area (Å²) < 4.78 is 0. The Balaban J connectivity index is 1.36. The number of anilines is 3. The Morgan fingerprint density at radius 2 is 1.75 bits per heavy atom. The molecule has 1 aliphatic rings. The minimum Gasteiger partial charge on any atom is -0.370 e. The largest absolute Gasteiger partial charge is 0.370 e. The third kappa shape index (κ3) is 5.26. The fraction of sp³-hybridized carbons (Fsp3) is 0.471. The highest BCUT2D eigenvalue weighted by Gasteiger charge is 2.12. The first-order chi connectivity index (χ1) is 11.9. The lowest BCUT2D eigenvalue weighted by Gasteiger charge is -2.27. The Bertz CT molecular complexity index is 603. The van der Waals surface area contributed by atoms with Crippen molar-refractivity contribution in [2.45, 2.75) is 12.8 Å². The van der Waals surface area contributed by atoms with Crippen molar-refractivity contribution in [1.29, 1.82) is 0 Å². The van der Waals surface area contributed by atoms with E-state index in [1.807, 2.05) is 30.0 Å². The van der Waals surface area contributed by atoms with Gasteiger partial charge in [-0.15, -0.1) is 0 Å². The second kappa shape index (κ2) is 9.32. The molecular formula is C17H24N6S. The fourth-order valence-electron chi connectivity index (χ4n) is 2.56. The van der Waals surface area contributed by atoms with Gasteiger partial charge in [0, 0.05) is 49.9 Å². The first-order valence-corrected chi connectivity index (χ1v) is 9.61. The Labute approximate surface area is 147 Å². The molecule has 2 aromatic rings. The maximum absolute atomic E-state index is 4.40. The number of nitrogens with zero attached hydrogens (tertiary/aromatic N) is 4. The fourth-order valence-corrected chi connectivity index (χ4v) is 3.46. The second-order valence-electron chi connectivity index (χ2n) is 5.64. The van der Waals surface area contributed by atoms with E-state index in [9.17, 15) is 0 Å². The van der Waals surface area contributed by atoms with Crippen molar-refractivity contribution in [2.75, 3.05) is 53.2 Å². The Morgan fingerprint density at radius 3 is 2.50 bits per heavy atom. The van der Waals surface area contributed by atoms with Crippen LogP contribution in [0.5, 0.6) is 0 Å². The van der Waals surface area contributed by atoms with Gasteiger partial charge >= 0.3 is 0 Å². The van der Waals surface area contributed by atoms with Gasteiger partial charge in [-0.1, -0.05) is 6.07 Å². The van der Waals surface area contributed by atoms with E-state index in [4.69, 9.17) is 0 Å². The van der Waals surface area contributed by atoms with Crippen molar-refractivity contribution < 1.29 is 0 Å². The van der Waals surface area contributed by atoms with Crippen molar-refractivity contribution in [3.05, 3.63) is 36.8 Å². The highest BCUT2D eigenvalue weighted by Crippen LogP contribution is 2.18. The van der Waals surface area contributed by atoms with Gasteiger partial charge in [0.15, 0.2) is 0 Å². The van der Waals surface area contributed by atoms with Crippen LogP contribution in [0.25, 0.3) is 0 Å². The Morgan fingerprint density at radius 1 is 0.958 bits per heavy atom. The quantitative estimate of drug-likeness (QED) is 0.714. The van der Waals surface area contributed by atoms with E-state index >= 15 is 0 Å². The standard InChI is InChI=1S/C17H24N6S/c1-2-6-18-15(5-1)19-7-3-4-8-20-16-13-17(22-14-21-16)23-9-11-24-12-10-23/h1-2,5-6,13-14H,3-4,7-12H2,(H,18,19)(H,20,21,22). The number of rotatable bonds is 8. The third-order valence-corrected chi connectivity index (χ3v) is 4.81. The van der Waals surface area contributed by atoms with Crippen LogP contribution >= 0.6 is 11.8 Å². The summed E-state index contributed by atoms with van der Waals surface area (Å²) in [7, 11) is 0. The molecular weight excluding hydrogens is 320 g/mol. The average Bonchev–Trinajstić information content (AvgIpc) is 2.66. The lowest BCUT2D eigenvalue weighted by Crippen LogP contribution is -2.33. The molecule has 0 unspecified atom stereocenters. The molecule has 0 spiro atoms. The molecule has 24 heavy (non-hydrogen) atoms. The van der Waals surface area contributed by atoms with Gasteiger partial charge in [0.1, 0.15) is 23.8 Å². The van der Waals surface area contributed by atoms with Crippen LogP contribution in [0, 0.1) is 0 Å². The molecule has 6 nitrogen and oxygen atoms in total. The molecule has 1 fully saturated rings. The number of hydrogen-bond donors (Lipinski definition) is 2. The molecule has 0 atom stereocenters. The molecule has 3 heterocycles. The van der Waals surface area contributed by atoms with E-state index in [1.165, 1.54) is 11.5 Å². The molecule has 1 saturated heterocycles. The lowest BCUT2D eigenvalue weighted by molar-refractivity contribution is 0.789. The van der Waals surface area contributed by atoms with E-state index in [1.54, 1.807) is 12.5 Å². The summed E-state index contributed by atoms with van der Waals surface area (Å²) in [6.45, 7) is 3.98. The third-order valence-electron chi connectivity index (χ3n) is 3.87. The molecule has 7 heteroatoms. The van der Waals surface area contributed by atoms with E-state index in [0.29, 0.717) is 0 Å². The Hall–Kier alpha value is -2.02. The second-order valence-corrected chi connectivity index (χ2v) is 6.86. The summed E-state index contributed by atoms with van der Waals surface area (Å²) in [4.78, 5) is 15.3. The van der Waals surface area contributed by atoms with Crippen LogP contribution in [-0.2, 0) is 0 Å². The van der Waals surface area contributed by atoms with Crippen LogP contribution in [0.3, 0.4) is 0 Å². The van der Waals surface area contributed by atoms with Crippen molar-refractivity contribution >= 4 is 29.2 Å². The van der Waals surface area contributed by atoms with Crippen LogP contribution in [-0.4, -0.2) is 52.6 Å². The summed E-state index contributed by atoms with van der Waals surface area (Å²) in [5, 5.41) is 6.72. The maximum Gasteiger partial charge on any atom is 0.134 e. The van der Waals surface area contributed by atoms with E-state index < -0.39 is 0 Å². The molecule has 1 aliphatic heterocycles. The minimum absolute atomic E-state index is 0.913. The summed E-state index contributed by atoms with van der Waals surface area (Å²) in [6, 6.07) is 7.96. The average molecular weight is 344 g/mol. The number of aromatic nitrogens is 3. The van der Waals surface area contributed by atoms with Gasteiger partial charge in [-0.25, -0.2) is 15.0 Å². The van der Waals surface area contributed by atoms with Crippen LogP contribution in [0.15, 0.2) is 36.8 Å². The number of nitrogens with one attached hydrogen (secondary N) is 2. The zero-order valence-electron chi connectivity index (χ0n) is 13.8. The van der Waals surface area contributed by atoms with Gasteiger partial charge in [-0.3, -0.25) is 0 Å². The molecule has 0 radical (unpaired) electrons. The Kier molecular flexibility index (Phi) is 6.53. The number of unbranched alkanes of at least 4 members (excludes halogenated alkanes) is 1. The van der Waals surface area contributed by atoms with Crippen molar-refractivity contribution in [3.8, 4) is 0 Å². The first kappa shape index (κ1) is 16.8. The molecule has 0 bridgehead atoms. The molecule has 0 aromatic carbocycles. The highest BCUT2D eigenvalue weighted by atomic mass is 32.2. The number of hydrogen-bond acceptors (Lipinski definition) is 7. The van der Waals surface area contributed by atoms with Crippen LogP contribution < -0.4 is 15.5 Å². The molecule has 2 N–H and O–H groups in total. The smallest absolute Gasteiger partial charge is 0.134 e. The van der Waals surface area contributed by atoms with E-state index in [0.717, 1.165) is 56.5 Å². The monoisotopic (exact) mass is 344 g/mol.